The Morgan fingerprint density at radius 3 is 2.26 bits per heavy atom. The van der Waals surface area contributed by atoms with E-state index in [2.05, 4.69) is 25.5 Å². The lowest BCUT2D eigenvalue weighted by molar-refractivity contribution is -0.115. The van der Waals surface area contributed by atoms with E-state index in [0.29, 0.717) is 16.1 Å². The lowest BCUT2D eigenvalue weighted by Gasteiger charge is -2.16. The van der Waals surface area contributed by atoms with Crippen LogP contribution in [0.3, 0.4) is 0 Å². The van der Waals surface area contributed by atoms with Crippen LogP contribution in [0, 0.1) is 27.7 Å². The maximum atomic E-state index is 13.0. The highest BCUT2D eigenvalue weighted by Gasteiger charge is 2.22. The van der Waals surface area contributed by atoms with Crippen LogP contribution in [-0.2, 0) is 10.5 Å². The van der Waals surface area contributed by atoms with Gasteiger partial charge in [0.15, 0.2) is 10.3 Å². The van der Waals surface area contributed by atoms with Crippen LogP contribution in [0.1, 0.15) is 35.3 Å². The Morgan fingerprint density at radius 2 is 1.60 bits per heavy atom. The van der Waals surface area contributed by atoms with Gasteiger partial charge in [0.25, 0.3) is 0 Å². The van der Waals surface area contributed by atoms with Crippen molar-refractivity contribution in [2.75, 3.05) is 5.32 Å². The van der Waals surface area contributed by atoms with Gasteiger partial charge in [-0.05, 0) is 63.9 Å². The number of para-hydroxylation sites is 2. The lowest BCUT2D eigenvalue weighted by atomic mass is 10.1. The van der Waals surface area contributed by atoms with Crippen LogP contribution < -0.4 is 5.32 Å². The smallest absolute Gasteiger partial charge is 0.237 e. The Hall–Kier alpha value is -3.17. The lowest BCUT2D eigenvalue weighted by Crippen LogP contribution is -2.23. The number of rotatable bonds is 8. The molecular weight excluding hydrogens is 476 g/mol. The summed E-state index contributed by atoms with van der Waals surface area (Å²) in [7, 11) is 0. The van der Waals surface area contributed by atoms with Crippen molar-refractivity contribution in [1.82, 2.24) is 24.7 Å². The standard InChI is InChI=1S/C26H28N6OS2/c1-16-10-9-11-17(2)23(16)29-24(33)20(5)35-26-31-30-22(32(26)21-12-7-6-8-13-21)15-34-25-27-18(3)14-19(4)28-25/h6-14,20H,15H2,1-5H3,(H,29,33). The van der Waals surface area contributed by atoms with E-state index in [1.165, 1.54) is 23.5 Å². The number of thioether (sulfide) groups is 2. The summed E-state index contributed by atoms with van der Waals surface area (Å²) in [6.45, 7) is 9.80. The van der Waals surface area contributed by atoms with Gasteiger partial charge < -0.3 is 5.32 Å². The van der Waals surface area contributed by atoms with Crippen LogP contribution in [0.5, 0.6) is 0 Å². The first-order valence-electron chi connectivity index (χ1n) is 11.3. The van der Waals surface area contributed by atoms with Gasteiger partial charge in [0.2, 0.25) is 5.91 Å². The fraction of sp³-hybridized carbons (Fsp3) is 0.269. The van der Waals surface area contributed by atoms with Crippen LogP contribution in [0.2, 0.25) is 0 Å². The van der Waals surface area contributed by atoms with Crippen LogP contribution in [0.25, 0.3) is 5.69 Å². The molecule has 9 heteroatoms. The van der Waals surface area contributed by atoms with Gasteiger partial charge >= 0.3 is 0 Å². The molecule has 0 fully saturated rings. The van der Waals surface area contributed by atoms with E-state index in [0.717, 1.165) is 39.7 Å². The third kappa shape index (κ3) is 6.10. The fourth-order valence-corrected chi connectivity index (χ4v) is 5.39. The number of aromatic nitrogens is 5. The van der Waals surface area contributed by atoms with Gasteiger partial charge in [0.1, 0.15) is 5.82 Å². The van der Waals surface area contributed by atoms with Gasteiger partial charge in [-0.3, -0.25) is 9.36 Å². The van der Waals surface area contributed by atoms with Crippen molar-refractivity contribution in [3.63, 3.8) is 0 Å². The number of benzene rings is 2. The Bertz CT molecular complexity index is 1300. The molecule has 2 heterocycles. The van der Waals surface area contributed by atoms with Gasteiger partial charge in [0, 0.05) is 22.8 Å². The van der Waals surface area contributed by atoms with Gasteiger partial charge in [0.05, 0.1) is 11.0 Å². The van der Waals surface area contributed by atoms with Crippen LogP contribution in [-0.4, -0.2) is 35.9 Å². The molecule has 1 amide bonds. The molecule has 0 aliphatic carbocycles. The molecule has 1 atom stereocenters. The molecule has 0 saturated heterocycles. The second kappa shape index (κ2) is 11.0. The second-order valence-corrected chi connectivity index (χ2v) is 10.6. The molecule has 0 radical (unpaired) electrons. The number of amides is 1. The minimum Gasteiger partial charge on any atom is -0.325 e. The zero-order chi connectivity index (χ0) is 24.9. The molecule has 0 bridgehead atoms. The number of hydrogen-bond donors (Lipinski definition) is 1. The van der Waals surface area contributed by atoms with Gasteiger partial charge in [-0.2, -0.15) is 0 Å². The highest BCUT2D eigenvalue weighted by atomic mass is 32.2. The molecule has 0 aliphatic heterocycles. The Kier molecular flexibility index (Phi) is 7.87. The highest BCUT2D eigenvalue weighted by Crippen LogP contribution is 2.29. The molecule has 4 rings (SSSR count). The summed E-state index contributed by atoms with van der Waals surface area (Å²) in [5.41, 5.74) is 5.75. The number of carbonyl (C=O) groups excluding carboxylic acids is 1. The number of nitrogens with one attached hydrogen (secondary N) is 1. The number of aryl methyl sites for hydroxylation is 4. The molecule has 4 aromatic rings. The van der Waals surface area contributed by atoms with Crippen molar-refractivity contribution in [2.45, 2.75) is 55.9 Å². The Morgan fingerprint density at radius 1 is 0.943 bits per heavy atom. The van der Waals surface area contributed by atoms with Gasteiger partial charge in [-0.15, -0.1) is 10.2 Å². The first-order valence-corrected chi connectivity index (χ1v) is 13.2. The van der Waals surface area contributed by atoms with Gasteiger partial charge in [-0.25, -0.2) is 9.97 Å². The van der Waals surface area contributed by atoms with Crippen molar-refractivity contribution < 1.29 is 4.79 Å². The minimum absolute atomic E-state index is 0.0745. The third-order valence-electron chi connectivity index (χ3n) is 5.39. The quantitative estimate of drug-likeness (QED) is 0.243. The van der Waals surface area contributed by atoms with Crippen LogP contribution in [0.4, 0.5) is 5.69 Å². The van der Waals surface area contributed by atoms with E-state index in [9.17, 15) is 4.79 Å². The Balaban J connectivity index is 1.56. The predicted molar refractivity (Wildman–Crippen MR) is 142 cm³/mol. The molecule has 7 nitrogen and oxygen atoms in total. The van der Waals surface area contributed by atoms with E-state index >= 15 is 0 Å². The van der Waals surface area contributed by atoms with Crippen molar-refractivity contribution >= 4 is 35.1 Å². The summed E-state index contributed by atoms with van der Waals surface area (Å²) in [4.78, 5) is 22.1. The van der Waals surface area contributed by atoms with Gasteiger partial charge in [-0.1, -0.05) is 59.9 Å². The SMILES string of the molecule is Cc1cc(C)nc(SCc2nnc(SC(C)C(=O)Nc3c(C)cccc3C)n2-c2ccccc2)n1. The molecule has 35 heavy (non-hydrogen) atoms. The van der Waals surface area contributed by atoms with Crippen molar-refractivity contribution in [3.8, 4) is 5.69 Å². The summed E-state index contributed by atoms with van der Waals surface area (Å²) in [6.07, 6.45) is 0. The van der Waals surface area contributed by atoms with Crippen LogP contribution >= 0.6 is 23.5 Å². The molecular formula is C26H28N6OS2. The number of hydrogen-bond acceptors (Lipinski definition) is 7. The summed E-state index contributed by atoms with van der Waals surface area (Å²) in [6, 6.07) is 17.9. The topological polar surface area (TPSA) is 85.6 Å². The third-order valence-corrected chi connectivity index (χ3v) is 7.27. The van der Waals surface area contributed by atoms with Crippen molar-refractivity contribution in [2.24, 2.45) is 0 Å². The maximum Gasteiger partial charge on any atom is 0.237 e. The van der Waals surface area contributed by atoms with E-state index < -0.39 is 0 Å². The van der Waals surface area contributed by atoms with E-state index in [-0.39, 0.29) is 11.2 Å². The zero-order valence-electron chi connectivity index (χ0n) is 20.4. The molecule has 2 aromatic carbocycles. The highest BCUT2D eigenvalue weighted by molar-refractivity contribution is 8.00. The molecule has 2 aromatic heterocycles. The predicted octanol–water partition coefficient (Wildman–Crippen LogP) is 5.70. The average molecular weight is 505 g/mol. The normalized spacial score (nSPS) is 11.9. The molecule has 1 unspecified atom stereocenters. The molecule has 180 valence electrons. The monoisotopic (exact) mass is 504 g/mol. The first kappa shape index (κ1) is 24.9. The summed E-state index contributed by atoms with van der Waals surface area (Å²) in [5, 5.41) is 13.0. The first-order chi connectivity index (χ1) is 16.8. The number of nitrogens with zero attached hydrogens (tertiary/aromatic N) is 5. The summed E-state index contributed by atoms with van der Waals surface area (Å²) in [5.74, 6) is 1.25. The molecule has 0 spiro atoms. The number of anilines is 1. The molecule has 0 saturated carbocycles. The van der Waals surface area contributed by atoms with Crippen molar-refractivity contribution in [3.05, 3.63) is 82.9 Å². The molecule has 0 aliphatic rings. The average Bonchev–Trinajstić information content (AvgIpc) is 3.22. The van der Waals surface area contributed by atoms with Crippen LogP contribution in [0.15, 0.2) is 64.9 Å². The van der Waals surface area contributed by atoms with E-state index in [4.69, 9.17) is 0 Å². The Labute approximate surface area is 214 Å². The van der Waals surface area contributed by atoms with E-state index in [1.54, 1.807) is 0 Å². The van der Waals surface area contributed by atoms with Crippen molar-refractivity contribution in [1.29, 1.82) is 0 Å². The maximum absolute atomic E-state index is 13.0. The fourth-order valence-electron chi connectivity index (χ4n) is 3.64. The van der Waals surface area contributed by atoms with E-state index in [1.807, 2.05) is 93.8 Å². The minimum atomic E-state index is -0.371. The zero-order valence-corrected chi connectivity index (χ0v) is 22.1. The largest absolute Gasteiger partial charge is 0.325 e. The summed E-state index contributed by atoms with van der Waals surface area (Å²) >= 11 is 2.91. The number of carbonyl (C=O) groups is 1. The second-order valence-electron chi connectivity index (χ2n) is 8.31. The summed E-state index contributed by atoms with van der Waals surface area (Å²) < 4.78 is 2.00. The molecule has 1 N–H and O–H groups in total.